The molecule has 0 unspecified atom stereocenters. The predicted molar refractivity (Wildman–Crippen MR) is 149 cm³/mol. The first kappa shape index (κ1) is 24.6. The van der Waals surface area contributed by atoms with Crippen LogP contribution in [0.25, 0.3) is 11.0 Å². The van der Waals surface area contributed by atoms with Crippen LogP contribution in [0.15, 0.2) is 76.8 Å². The van der Waals surface area contributed by atoms with E-state index in [4.69, 9.17) is 4.74 Å². The van der Waals surface area contributed by atoms with E-state index in [1.54, 1.807) is 30.6 Å². The van der Waals surface area contributed by atoms with Crippen molar-refractivity contribution in [2.24, 2.45) is 0 Å². The maximum absolute atomic E-state index is 13.0. The van der Waals surface area contributed by atoms with Gasteiger partial charge in [0.2, 0.25) is 5.91 Å². The summed E-state index contributed by atoms with van der Waals surface area (Å²) in [5, 5.41) is 0.927. The number of piperazine rings is 1. The van der Waals surface area contributed by atoms with Crippen molar-refractivity contribution in [2.45, 2.75) is 22.7 Å². The number of benzene rings is 3. The number of aromatic nitrogens is 2. The van der Waals surface area contributed by atoms with Crippen LogP contribution in [0.4, 0.5) is 5.69 Å². The van der Waals surface area contributed by atoms with Crippen LogP contribution in [0.3, 0.4) is 0 Å². The van der Waals surface area contributed by atoms with Gasteiger partial charge in [0.15, 0.2) is 5.16 Å². The highest BCUT2D eigenvalue weighted by Gasteiger charge is 2.23. The number of thioether (sulfide) groups is 2. The molecule has 6 nitrogen and oxygen atoms in total. The van der Waals surface area contributed by atoms with Crippen LogP contribution in [0, 0.1) is 6.92 Å². The molecule has 3 aromatic carbocycles. The minimum absolute atomic E-state index is 0.195. The minimum Gasteiger partial charge on any atom is -0.495 e. The summed E-state index contributed by atoms with van der Waals surface area (Å²) in [4.78, 5) is 26.5. The summed E-state index contributed by atoms with van der Waals surface area (Å²) in [6, 6.07) is 22.5. The fourth-order valence-electron chi connectivity index (χ4n) is 4.44. The SMILES string of the molecule is COc1ccccc1N1CCN(C(=O)CSc2cccc(CSc3nc4ccccc4[nH]3)c2C)CC1. The zero-order valence-electron chi connectivity index (χ0n) is 20.6. The Hall–Kier alpha value is -3.10. The quantitative estimate of drug-likeness (QED) is 0.306. The second kappa shape index (κ2) is 11.3. The zero-order chi connectivity index (χ0) is 24.9. The van der Waals surface area contributed by atoms with E-state index in [2.05, 4.69) is 46.1 Å². The topological polar surface area (TPSA) is 61.5 Å². The largest absolute Gasteiger partial charge is 0.495 e. The van der Waals surface area contributed by atoms with Crippen LogP contribution < -0.4 is 9.64 Å². The lowest BCUT2D eigenvalue weighted by molar-refractivity contribution is -0.128. The van der Waals surface area contributed by atoms with E-state index in [0.29, 0.717) is 5.75 Å². The van der Waals surface area contributed by atoms with Gasteiger partial charge in [-0.2, -0.15) is 0 Å². The van der Waals surface area contributed by atoms with Gasteiger partial charge in [-0.15, -0.1) is 11.8 Å². The van der Waals surface area contributed by atoms with Crippen molar-refractivity contribution in [1.82, 2.24) is 14.9 Å². The molecule has 36 heavy (non-hydrogen) atoms. The average molecular weight is 519 g/mol. The molecule has 5 rings (SSSR count). The number of H-pyrrole nitrogens is 1. The molecule has 0 atom stereocenters. The molecule has 0 spiro atoms. The van der Waals surface area contributed by atoms with Gasteiger partial charge in [0.05, 0.1) is 29.6 Å². The number of nitrogens with zero attached hydrogens (tertiary/aromatic N) is 3. The second-order valence-electron chi connectivity index (χ2n) is 8.72. The lowest BCUT2D eigenvalue weighted by Gasteiger charge is -2.36. The van der Waals surface area contributed by atoms with Gasteiger partial charge in [-0.3, -0.25) is 4.79 Å². The number of ether oxygens (including phenoxy) is 1. The summed E-state index contributed by atoms with van der Waals surface area (Å²) >= 11 is 3.34. The van der Waals surface area contributed by atoms with Gasteiger partial charge >= 0.3 is 0 Å². The standard InChI is InChI=1S/C28H30N4O2S2/c1-20-21(18-36-28-29-22-9-3-4-10-23(22)30-28)8-7-13-26(20)35-19-27(33)32-16-14-31(15-17-32)24-11-5-6-12-25(24)34-2/h3-13H,14-19H2,1-2H3,(H,29,30). The fraction of sp³-hybridized carbons (Fsp3) is 0.286. The monoisotopic (exact) mass is 518 g/mol. The van der Waals surface area contributed by atoms with Crippen molar-refractivity contribution in [3.63, 3.8) is 0 Å². The van der Waals surface area contributed by atoms with E-state index in [1.165, 1.54) is 16.0 Å². The van der Waals surface area contributed by atoms with Crippen LogP contribution in [0.5, 0.6) is 5.75 Å². The van der Waals surface area contributed by atoms with Crippen molar-refractivity contribution < 1.29 is 9.53 Å². The first-order chi connectivity index (χ1) is 17.6. The maximum Gasteiger partial charge on any atom is 0.233 e. The van der Waals surface area contributed by atoms with Gasteiger partial charge in [0.1, 0.15) is 5.75 Å². The van der Waals surface area contributed by atoms with Gasteiger partial charge in [-0.05, 0) is 48.4 Å². The summed E-state index contributed by atoms with van der Waals surface area (Å²) < 4.78 is 5.51. The number of carbonyl (C=O) groups is 1. The van der Waals surface area contributed by atoms with Gasteiger partial charge in [0, 0.05) is 36.8 Å². The van der Waals surface area contributed by atoms with E-state index in [0.717, 1.165) is 59.6 Å². The number of rotatable bonds is 8. The molecule has 0 radical (unpaired) electrons. The lowest BCUT2D eigenvalue weighted by Crippen LogP contribution is -2.49. The number of hydrogen-bond donors (Lipinski definition) is 1. The Morgan fingerprint density at radius 2 is 1.75 bits per heavy atom. The number of hydrogen-bond acceptors (Lipinski definition) is 6. The molecular formula is C28H30N4O2S2. The van der Waals surface area contributed by atoms with Gasteiger partial charge < -0.3 is 19.5 Å². The normalized spacial score (nSPS) is 13.8. The van der Waals surface area contributed by atoms with E-state index < -0.39 is 0 Å². The van der Waals surface area contributed by atoms with Crippen molar-refractivity contribution in [3.8, 4) is 5.75 Å². The van der Waals surface area contributed by atoms with E-state index in [1.807, 2.05) is 47.4 Å². The van der Waals surface area contributed by atoms with E-state index in [9.17, 15) is 4.79 Å². The number of aromatic amines is 1. The number of para-hydroxylation sites is 4. The Balaban J connectivity index is 1.14. The van der Waals surface area contributed by atoms with Crippen LogP contribution in [0.1, 0.15) is 11.1 Å². The molecule has 1 aromatic heterocycles. The summed E-state index contributed by atoms with van der Waals surface area (Å²) in [6.07, 6.45) is 0. The number of carbonyl (C=O) groups excluding carboxylic acids is 1. The first-order valence-corrected chi connectivity index (χ1v) is 14.0. The molecule has 1 aliphatic rings. The molecule has 0 aliphatic carbocycles. The lowest BCUT2D eigenvalue weighted by atomic mass is 10.1. The summed E-state index contributed by atoms with van der Waals surface area (Å²) in [7, 11) is 1.70. The molecule has 1 saturated heterocycles. The van der Waals surface area contributed by atoms with Gasteiger partial charge in [0.25, 0.3) is 0 Å². The Bertz CT molecular complexity index is 1320. The van der Waals surface area contributed by atoms with Crippen LogP contribution in [0.2, 0.25) is 0 Å². The molecule has 2 heterocycles. The van der Waals surface area contributed by atoms with Crippen molar-refractivity contribution in [1.29, 1.82) is 0 Å². The molecule has 1 aliphatic heterocycles. The number of anilines is 1. The Morgan fingerprint density at radius 3 is 2.56 bits per heavy atom. The Morgan fingerprint density at radius 1 is 0.972 bits per heavy atom. The maximum atomic E-state index is 13.0. The van der Waals surface area contributed by atoms with Crippen LogP contribution >= 0.6 is 23.5 Å². The number of fused-ring (bicyclic) bond motifs is 1. The third-order valence-corrected chi connectivity index (χ3v) is 8.60. The second-order valence-corrected chi connectivity index (χ2v) is 10.7. The number of amides is 1. The van der Waals surface area contributed by atoms with Crippen LogP contribution in [-0.4, -0.2) is 59.8 Å². The van der Waals surface area contributed by atoms with Crippen LogP contribution in [-0.2, 0) is 10.5 Å². The highest BCUT2D eigenvalue weighted by Crippen LogP contribution is 2.31. The molecule has 1 fully saturated rings. The smallest absolute Gasteiger partial charge is 0.233 e. The average Bonchev–Trinajstić information content (AvgIpc) is 3.35. The molecule has 186 valence electrons. The van der Waals surface area contributed by atoms with Gasteiger partial charge in [-0.1, -0.05) is 48.2 Å². The van der Waals surface area contributed by atoms with E-state index >= 15 is 0 Å². The first-order valence-electron chi connectivity index (χ1n) is 12.1. The molecule has 1 N–H and O–H groups in total. The molecule has 1 amide bonds. The Labute approximate surface area is 220 Å². The summed E-state index contributed by atoms with van der Waals surface area (Å²) in [5.74, 6) is 2.36. The van der Waals surface area contributed by atoms with Crippen molar-refractivity contribution in [3.05, 3.63) is 77.9 Å². The number of methoxy groups -OCH3 is 1. The Kier molecular flexibility index (Phi) is 7.72. The van der Waals surface area contributed by atoms with Crippen molar-refractivity contribution >= 4 is 46.2 Å². The van der Waals surface area contributed by atoms with Crippen molar-refractivity contribution in [2.75, 3.05) is 43.9 Å². The predicted octanol–water partition coefficient (Wildman–Crippen LogP) is 5.61. The highest BCUT2D eigenvalue weighted by atomic mass is 32.2. The molecule has 4 aromatic rings. The molecular weight excluding hydrogens is 488 g/mol. The number of imidazole rings is 1. The van der Waals surface area contributed by atoms with Gasteiger partial charge in [-0.25, -0.2) is 4.98 Å². The molecule has 8 heteroatoms. The highest BCUT2D eigenvalue weighted by molar-refractivity contribution is 8.00. The third-order valence-electron chi connectivity index (χ3n) is 6.54. The number of nitrogens with one attached hydrogen (secondary N) is 1. The third kappa shape index (κ3) is 5.50. The fourth-order valence-corrected chi connectivity index (χ4v) is 6.37. The molecule has 0 bridgehead atoms. The summed E-state index contributed by atoms with van der Waals surface area (Å²) in [6.45, 7) is 5.22. The minimum atomic E-state index is 0.195. The zero-order valence-corrected chi connectivity index (χ0v) is 22.2. The molecule has 0 saturated carbocycles. The van der Waals surface area contributed by atoms with E-state index in [-0.39, 0.29) is 5.91 Å². The summed E-state index contributed by atoms with van der Waals surface area (Å²) in [5.41, 5.74) is 5.64.